The number of imidazole rings is 1. The van der Waals surface area contributed by atoms with Crippen LogP contribution in [0.3, 0.4) is 0 Å². The molecule has 1 N–H and O–H groups in total. The van der Waals surface area contributed by atoms with Gasteiger partial charge in [-0.2, -0.15) is 0 Å². The number of benzene rings is 1. The fourth-order valence-corrected chi connectivity index (χ4v) is 5.87. The van der Waals surface area contributed by atoms with E-state index >= 15 is 0 Å². The molecule has 1 unspecified atom stereocenters. The number of fused-ring (bicyclic) bond motifs is 1. The van der Waals surface area contributed by atoms with Crippen LogP contribution in [0.15, 0.2) is 47.5 Å². The van der Waals surface area contributed by atoms with Crippen molar-refractivity contribution in [2.45, 2.75) is 48.2 Å². The van der Waals surface area contributed by atoms with Gasteiger partial charge in [0.25, 0.3) is 0 Å². The van der Waals surface area contributed by atoms with Gasteiger partial charge in [-0.05, 0) is 67.9 Å². The summed E-state index contributed by atoms with van der Waals surface area (Å²) in [6, 6.07) is 11.3. The van der Waals surface area contributed by atoms with Gasteiger partial charge in [0.15, 0.2) is 15.5 Å². The Balaban J connectivity index is 1.48. The Labute approximate surface area is 170 Å². The number of pyridine rings is 1. The van der Waals surface area contributed by atoms with Crippen LogP contribution in [0.1, 0.15) is 49.4 Å². The summed E-state index contributed by atoms with van der Waals surface area (Å²) in [5, 5.41) is -0.187. The number of sulfone groups is 1. The molecule has 2 fully saturated rings. The zero-order valence-electron chi connectivity index (χ0n) is 16.3. The van der Waals surface area contributed by atoms with Crippen molar-refractivity contribution < 1.29 is 13.2 Å². The lowest BCUT2D eigenvalue weighted by Crippen LogP contribution is -2.19. The lowest BCUT2D eigenvalue weighted by molar-refractivity contribution is 0.0625. The van der Waals surface area contributed by atoms with E-state index in [1.165, 1.54) is 0 Å². The highest BCUT2D eigenvalue weighted by Crippen LogP contribution is 2.36. The van der Waals surface area contributed by atoms with E-state index in [9.17, 15) is 8.42 Å². The number of H-pyrrole nitrogens is 1. The molecule has 5 rings (SSSR count). The summed E-state index contributed by atoms with van der Waals surface area (Å²) in [6.45, 7) is 1.61. The zero-order chi connectivity index (χ0) is 19.8. The minimum absolute atomic E-state index is 0.0741. The Morgan fingerprint density at radius 3 is 2.52 bits per heavy atom. The number of hydrogen-bond acceptors (Lipinski definition) is 5. The van der Waals surface area contributed by atoms with Crippen LogP contribution in [0.4, 0.5) is 0 Å². The summed E-state index contributed by atoms with van der Waals surface area (Å²) in [6.07, 6.45) is 6.37. The Hall–Kier alpha value is -2.25. The van der Waals surface area contributed by atoms with Gasteiger partial charge >= 0.3 is 0 Å². The summed E-state index contributed by atoms with van der Waals surface area (Å²) >= 11 is 0. The summed E-state index contributed by atoms with van der Waals surface area (Å²) in [5.41, 5.74) is 2.73. The highest BCUT2D eigenvalue weighted by molar-refractivity contribution is 7.92. The SMILES string of the molecule is O=S(=O)(c1ccc(C(CC2CCOCC2)c2nc3cccnc3[nH]2)cc1)C1CC1. The first-order chi connectivity index (χ1) is 14.1. The van der Waals surface area contributed by atoms with E-state index in [2.05, 4.69) is 9.97 Å². The molecule has 0 bridgehead atoms. The molecule has 2 aromatic heterocycles. The molecule has 1 saturated heterocycles. The van der Waals surface area contributed by atoms with E-state index in [1.54, 1.807) is 18.3 Å². The molecule has 1 saturated carbocycles. The van der Waals surface area contributed by atoms with E-state index < -0.39 is 9.84 Å². The van der Waals surface area contributed by atoms with Crippen molar-refractivity contribution in [3.8, 4) is 0 Å². The van der Waals surface area contributed by atoms with E-state index in [0.29, 0.717) is 10.8 Å². The number of nitrogens with one attached hydrogen (secondary N) is 1. The quantitative estimate of drug-likeness (QED) is 0.666. The van der Waals surface area contributed by atoms with Gasteiger partial charge in [-0.3, -0.25) is 0 Å². The molecule has 7 heteroatoms. The van der Waals surface area contributed by atoms with Crippen LogP contribution in [0.2, 0.25) is 0 Å². The van der Waals surface area contributed by atoms with Gasteiger partial charge in [-0.25, -0.2) is 18.4 Å². The molecular weight excluding hydrogens is 386 g/mol. The summed E-state index contributed by atoms with van der Waals surface area (Å²) in [4.78, 5) is 13.0. The molecule has 29 heavy (non-hydrogen) atoms. The smallest absolute Gasteiger partial charge is 0.181 e. The summed E-state index contributed by atoms with van der Waals surface area (Å²) < 4.78 is 30.6. The van der Waals surface area contributed by atoms with Crippen LogP contribution in [-0.4, -0.2) is 41.8 Å². The molecule has 2 aliphatic rings. The highest BCUT2D eigenvalue weighted by Gasteiger charge is 2.37. The standard InChI is InChI=1S/C22H25N3O3S/c26-29(27,18-7-8-18)17-5-3-16(4-6-17)19(14-15-9-12-28-13-10-15)21-24-20-2-1-11-23-22(20)25-21/h1-6,11,15,18-19H,7-10,12-14H2,(H,23,24,25). The maximum absolute atomic E-state index is 12.5. The average molecular weight is 412 g/mol. The van der Waals surface area contributed by atoms with Crippen molar-refractivity contribution in [3.05, 3.63) is 54.0 Å². The number of aromatic amines is 1. The topological polar surface area (TPSA) is 84.9 Å². The second kappa shape index (κ2) is 7.54. The normalized spacial score (nSPS) is 19.4. The molecule has 1 aromatic carbocycles. The third-order valence-electron chi connectivity index (χ3n) is 6.09. The first-order valence-corrected chi connectivity index (χ1v) is 11.9. The maximum Gasteiger partial charge on any atom is 0.181 e. The van der Waals surface area contributed by atoms with Crippen LogP contribution in [0, 0.1) is 5.92 Å². The van der Waals surface area contributed by atoms with E-state index in [4.69, 9.17) is 9.72 Å². The summed E-state index contributed by atoms with van der Waals surface area (Å²) in [7, 11) is -3.17. The Morgan fingerprint density at radius 2 is 1.83 bits per heavy atom. The molecule has 3 heterocycles. The lowest BCUT2D eigenvalue weighted by Gasteiger charge is -2.26. The predicted octanol–water partition coefficient (Wildman–Crippen LogP) is 3.84. The molecule has 1 aliphatic carbocycles. The largest absolute Gasteiger partial charge is 0.381 e. The van der Waals surface area contributed by atoms with Gasteiger partial charge < -0.3 is 9.72 Å². The zero-order valence-corrected chi connectivity index (χ0v) is 17.1. The predicted molar refractivity (Wildman–Crippen MR) is 111 cm³/mol. The third-order valence-corrected chi connectivity index (χ3v) is 8.37. The molecule has 3 aromatic rings. The van der Waals surface area contributed by atoms with Crippen molar-refractivity contribution in [3.63, 3.8) is 0 Å². The number of hydrogen-bond donors (Lipinski definition) is 1. The minimum atomic E-state index is -3.17. The molecule has 1 aliphatic heterocycles. The van der Waals surface area contributed by atoms with Gasteiger partial charge in [0.1, 0.15) is 11.3 Å². The number of rotatable bonds is 6. The molecular formula is C22H25N3O3S. The van der Waals surface area contributed by atoms with Crippen molar-refractivity contribution in [2.24, 2.45) is 5.92 Å². The molecule has 0 radical (unpaired) electrons. The van der Waals surface area contributed by atoms with Crippen LogP contribution >= 0.6 is 0 Å². The summed E-state index contributed by atoms with van der Waals surface area (Å²) in [5.74, 6) is 1.53. The van der Waals surface area contributed by atoms with E-state index in [1.807, 2.05) is 24.3 Å². The maximum atomic E-state index is 12.5. The van der Waals surface area contributed by atoms with Crippen molar-refractivity contribution in [1.29, 1.82) is 0 Å². The Kier molecular flexibility index (Phi) is 4.87. The molecule has 1 atom stereocenters. The molecule has 6 nitrogen and oxygen atoms in total. The van der Waals surface area contributed by atoms with E-state index in [0.717, 1.165) is 67.9 Å². The monoisotopic (exact) mass is 411 g/mol. The lowest BCUT2D eigenvalue weighted by atomic mass is 9.84. The highest BCUT2D eigenvalue weighted by atomic mass is 32.2. The third kappa shape index (κ3) is 3.81. The average Bonchev–Trinajstić information content (AvgIpc) is 3.53. The van der Waals surface area contributed by atoms with Gasteiger partial charge in [-0.15, -0.1) is 0 Å². The second-order valence-corrected chi connectivity index (χ2v) is 10.4. The van der Waals surface area contributed by atoms with Crippen molar-refractivity contribution >= 4 is 21.0 Å². The van der Waals surface area contributed by atoms with Crippen LogP contribution in [0.25, 0.3) is 11.2 Å². The Morgan fingerprint density at radius 1 is 1.07 bits per heavy atom. The Bertz CT molecular complexity index is 1060. The van der Waals surface area contributed by atoms with Gasteiger partial charge in [0.05, 0.1) is 10.1 Å². The minimum Gasteiger partial charge on any atom is -0.381 e. The van der Waals surface area contributed by atoms with Crippen molar-refractivity contribution in [2.75, 3.05) is 13.2 Å². The van der Waals surface area contributed by atoms with Gasteiger partial charge in [0.2, 0.25) is 0 Å². The molecule has 0 spiro atoms. The second-order valence-electron chi connectivity index (χ2n) is 8.15. The molecule has 0 amide bonds. The van der Waals surface area contributed by atoms with Gasteiger partial charge in [-0.1, -0.05) is 12.1 Å². The van der Waals surface area contributed by atoms with Gasteiger partial charge in [0, 0.05) is 25.3 Å². The fourth-order valence-electron chi connectivity index (χ4n) is 4.21. The first-order valence-electron chi connectivity index (χ1n) is 10.3. The molecule has 152 valence electrons. The van der Waals surface area contributed by atoms with E-state index in [-0.39, 0.29) is 11.2 Å². The number of ether oxygens (including phenoxy) is 1. The number of aromatic nitrogens is 3. The fraction of sp³-hybridized carbons (Fsp3) is 0.455. The van der Waals surface area contributed by atoms with Crippen LogP contribution < -0.4 is 0 Å². The van der Waals surface area contributed by atoms with Crippen molar-refractivity contribution in [1.82, 2.24) is 15.0 Å². The number of nitrogens with zero attached hydrogens (tertiary/aromatic N) is 2. The van der Waals surface area contributed by atoms with Crippen LogP contribution in [-0.2, 0) is 14.6 Å². The van der Waals surface area contributed by atoms with Crippen LogP contribution in [0.5, 0.6) is 0 Å². The first kappa shape index (κ1) is 18.8.